The number of benzene rings is 1. The Kier molecular flexibility index (Phi) is 4.64. The first kappa shape index (κ1) is 17.8. The first-order valence-corrected chi connectivity index (χ1v) is 10.4. The minimum absolute atomic E-state index is 0.375. The van der Waals surface area contributed by atoms with Gasteiger partial charge in [0.15, 0.2) is 11.6 Å². The lowest BCUT2D eigenvalue weighted by Crippen LogP contribution is -2.17. The van der Waals surface area contributed by atoms with Crippen LogP contribution in [0, 0.1) is 0 Å². The summed E-state index contributed by atoms with van der Waals surface area (Å²) in [5.41, 5.74) is 2.32. The molecule has 2 aliphatic rings. The van der Waals surface area contributed by atoms with Crippen LogP contribution in [0.4, 0.5) is 0 Å². The second kappa shape index (κ2) is 7.29. The molecular weight excluding hydrogens is 376 g/mol. The van der Waals surface area contributed by atoms with E-state index in [1.807, 2.05) is 19.1 Å². The molecule has 146 valence electrons. The van der Waals surface area contributed by atoms with Gasteiger partial charge in [0.2, 0.25) is 5.89 Å². The molecule has 0 spiro atoms. The average Bonchev–Trinajstić information content (AvgIpc) is 3.32. The summed E-state index contributed by atoms with van der Waals surface area (Å²) in [6.45, 7) is 3.52. The number of halogens is 1. The predicted molar refractivity (Wildman–Crippen MR) is 105 cm³/mol. The topological polar surface area (TPSA) is 81.7 Å². The lowest BCUT2D eigenvalue weighted by Gasteiger charge is -2.26. The Labute approximate surface area is 168 Å². The van der Waals surface area contributed by atoms with Gasteiger partial charge in [-0.25, -0.2) is 0 Å². The zero-order valence-electron chi connectivity index (χ0n) is 15.9. The number of aryl methyl sites for hydroxylation is 1. The second-order valence-electron chi connectivity index (χ2n) is 7.63. The van der Waals surface area contributed by atoms with E-state index in [1.165, 1.54) is 5.56 Å². The van der Waals surface area contributed by atoms with E-state index >= 15 is 0 Å². The molecule has 0 atom stereocenters. The Morgan fingerprint density at radius 3 is 2.75 bits per heavy atom. The number of hydrogen-bond donors (Lipinski definition) is 1. The molecule has 1 N–H and O–H groups in total. The molecule has 5 rings (SSSR count). The van der Waals surface area contributed by atoms with E-state index in [-0.39, 0.29) is 0 Å². The molecule has 1 fully saturated rings. The maximum absolute atomic E-state index is 6.22. The van der Waals surface area contributed by atoms with Gasteiger partial charge in [0.1, 0.15) is 5.82 Å². The fourth-order valence-electron chi connectivity index (χ4n) is 4.38. The van der Waals surface area contributed by atoms with Crippen LogP contribution in [0.2, 0.25) is 5.02 Å². The highest BCUT2D eigenvalue weighted by atomic mass is 35.5. The van der Waals surface area contributed by atoms with Crippen LogP contribution in [0.1, 0.15) is 73.4 Å². The van der Waals surface area contributed by atoms with Crippen molar-refractivity contribution in [3.63, 3.8) is 0 Å². The van der Waals surface area contributed by atoms with E-state index in [4.69, 9.17) is 16.1 Å². The quantitative estimate of drug-likeness (QED) is 0.720. The standard InChI is InChI=1S/C20H23ClN6O/c1-2-18-23-19(26-28-18)12-3-5-13(6-4-12)20-25-24-17-11-22-10-14-9-15(21)7-8-16(14)27(17)20/h7-9,12-13,22H,2-6,10-11H2,1H3/t12-,13+. The summed E-state index contributed by atoms with van der Waals surface area (Å²) in [6, 6.07) is 6.05. The first-order valence-electron chi connectivity index (χ1n) is 9.99. The molecule has 0 amide bonds. The highest BCUT2D eigenvalue weighted by Gasteiger charge is 2.31. The van der Waals surface area contributed by atoms with E-state index < -0.39 is 0 Å². The minimum atomic E-state index is 0.375. The molecule has 7 nitrogen and oxygen atoms in total. The molecule has 28 heavy (non-hydrogen) atoms. The van der Waals surface area contributed by atoms with Crippen LogP contribution in [0.15, 0.2) is 22.7 Å². The SMILES string of the molecule is CCc1nc([C@H]2CC[C@@H](c3nnc4n3-c3ccc(Cl)cc3CNC4)CC2)no1. The average molecular weight is 399 g/mol. The molecule has 0 bridgehead atoms. The van der Waals surface area contributed by atoms with Crippen LogP contribution in [0.5, 0.6) is 0 Å². The summed E-state index contributed by atoms with van der Waals surface area (Å²) in [5.74, 6) is 4.37. The Hall–Kier alpha value is -2.25. The molecule has 0 radical (unpaired) electrons. The smallest absolute Gasteiger partial charge is 0.226 e. The van der Waals surface area contributed by atoms with Crippen molar-refractivity contribution >= 4 is 11.6 Å². The third-order valence-corrected chi connectivity index (χ3v) is 6.11. The summed E-state index contributed by atoms with van der Waals surface area (Å²) >= 11 is 6.22. The Morgan fingerprint density at radius 1 is 1.14 bits per heavy atom. The van der Waals surface area contributed by atoms with Gasteiger partial charge >= 0.3 is 0 Å². The third kappa shape index (κ3) is 3.12. The lowest BCUT2D eigenvalue weighted by molar-refractivity contribution is 0.344. The maximum Gasteiger partial charge on any atom is 0.226 e. The van der Waals surface area contributed by atoms with Crippen LogP contribution in [-0.2, 0) is 19.5 Å². The largest absolute Gasteiger partial charge is 0.339 e. The van der Waals surface area contributed by atoms with Crippen LogP contribution < -0.4 is 5.32 Å². The van der Waals surface area contributed by atoms with E-state index in [2.05, 4.69) is 36.3 Å². The van der Waals surface area contributed by atoms with Crippen molar-refractivity contribution in [2.24, 2.45) is 0 Å². The molecule has 1 saturated carbocycles. The van der Waals surface area contributed by atoms with Gasteiger partial charge in [-0.2, -0.15) is 4.98 Å². The Balaban J connectivity index is 1.41. The predicted octanol–water partition coefficient (Wildman–Crippen LogP) is 3.91. The van der Waals surface area contributed by atoms with Crippen LogP contribution >= 0.6 is 11.6 Å². The minimum Gasteiger partial charge on any atom is -0.339 e. The molecule has 1 aromatic carbocycles. The number of aromatic nitrogens is 5. The summed E-state index contributed by atoms with van der Waals surface area (Å²) in [5, 5.41) is 17.4. The van der Waals surface area contributed by atoms with Crippen molar-refractivity contribution in [3.05, 3.63) is 52.1 Å². The highest BCUT2D eigenvalue weighted by Crippen LogP contribution is 2.40. The Morgan fingerprint density at radius 2 is 1.96 bits per heavy atom. The van der Waals surface area contributed by atoms with Crippen LogP contribution in [0.3, 0.4) is 0 Å². The van der Waals surface area contributed by atoms with Crippen molar-refractivity contribution in [3.8, 4) is 5.69 Å². The number of hydrogen-bond acceptors (Lipinski definition) is 6. The second-order valence-corrected chi connectivity index (χ2v) is 8.07. The summed E-state index contributed by atoms with van der Waals surface area (Å²) in [4.78, 5) is 4.53. The van der Waals surface area contributed by atoms with Gasteiger partial charge in [-0.15, -0.1) is 10.2 Å². The molecule has 3 heterocycles. The molecule has 1 aliphatic carbocycles. The zero-order valence-corrected chi connectivity index (χ0v) is 16.6. The fourth-order valence-corrected chi connectivity index (χ4v) is 4.58. The monoisotopic (exact) mass is 398 g/mol. The van der Waals surface area contributed by atoms with Gasteiger partial charge in [-0.3, -0.25) is 4.57 Å². The molecule has 2 aromatic heterocycles. The van der Waals surface area contributed by atoms with E-state index in [0.29, 0.717) is 18.4 Å². The van der Waals surface area contributed by atoms with Gasteiger partial charge in [-0.05, 0) is 49.4 Å². The van der Waals surface area contributed by atoms with Crippen LogP contribution in [0.25, 0.3) is 5.69 Å². The first-order chi connectivity index (χ1) is 13.7. The third-order valence-electron chi connectivity index (χ3n) is 5.88. The van der Waals surface area contributed by atoms with Gasteiger partial charge in [0.05, 0.1) is 12.2 Å². The van der Waals surface area contributed by atoms with Crippen molar-refractivity contribution in [2.45, 2.75) is 64.0 Å². The highest BCUT2D eigenvalue weighted by molar-refractivity contribution is 6.30. The molecule has 1 aliphatic heterocycles. The molecular formula is C20H23ClN6O. The Bertz CT molecular complexity index is 988. The van der Waals surface area contributed by atoms with E-state index in [0.717, 1.165) is 72.7 Å². The van der Waals surface area contributed by atoms with E-state index in [9.17, 15) is 0 Å². The van der Waals surface area contributed by atoms with Gasteiger partial charge in [0, 0.05) is 29.8 Å². The fraction of sp³-hybridized carbons (Fsp3) is 0.500. The number of nitrogens with one attached hydrogen (secondary N) is 1. The van der Waals surface area contributed by atoms with Crippen molar-refractivity contribution in [1.82, 2.24) is 30.2 Å². The van der Waals surface area contributed by atoms with Gasteiger partial charge in [-0.1, -0.05) is 23.7 Å². The van der Waals surface area contributed by atoms with Crippen molar-refractivity contribution in [2.75, 3.05) is 0 Å². The lowest BCUT2D eigenvalue weighted by atomic mass is 9.81. The number of rotatable bonds is 3. The zero-order chi connectivity index (χ0) is 19.1. The van der Waals surface area contributed by atoms with Gasteiger partial charge < -0.3 is 9.84 Å². The van der Waals surface area contributed by atoms with Crippen LogP contribution in [-0.4, -0.2) is 24.9 Å². The van der Waals surface area contributed by atoms with Gasteiger partial charge in [0.25, 0.3) is 0 Å². The maximum atomic E-state index is 6.22. The normalized spacial score (nSPS) is 21.8. The summed E-state index contributed by atoms with van der Waals surface area (Å²) in [7, 11) is 0. The molecule has 0 unspecified atom stereocenters. The van der Waals surface area contributed by atoms with Crippen molar-refractivity contribution in [1.29, 1.82) is 0 Å². The number of nitrogens with zero attached hydrogens (tertiary/aromatic N) is 5. The molecule has 8 heteroatoms. The summed E-state index contributed by atoms with van der Waals surface area (Å²) < 4.78 is 7.53. The molecule has 0 saturated heterocycles. The number of fused-ring (bicyclic) bond motifs is 3. The molecule has 3 aromatic rings. The summed E-state index contributed by atoms with van der Waals surface area (Å²) in [6.07, 6.45) is 4.97. The van der Waals surface area contributed by atoms with E-state index in [1.54, 1.807) is 0 Å². The van der Waals surface area contributed by atoms with Crippen molar-refractivity contribution < 1.29 is 4.52 Å².